The van der Waals surface area contributed by atoms with Crippen LogP contribution in [0.15, 0.2) is 17.2 Å². The Morgan fingerprint density at radius 1 is 1.15 bits per heavy atom. The molecule has 0 unspecified atom stereocenters. The molecule has 0 aliphatic carbocycles. The smallest absolute Gasteiger partial charge is 0.274 e. The van der Waals surface area contributed by atoms with Crippen LogP contribution in [0.1, 0.15) is 11.1 Å². The van der Waals surface area contributed by atoms with Crippen LogP contribution >= 0.6 is 0 Å². The molecule has 0 aromatic heterocycles. The standard InChI is InChI=1S/C11H3F4N5/c12-9-2-1-8(11(13,14)15)10(7(9)5-18)20-19-6(3-16)4-17/h1-2,20H. The third-order valence-corrected chi connectivity index (χ3v) is 2.06. The van der Waals surface area contributed by atoms with Gasteiger partial charge in [0.05, 0.1) is 11.3 Å². The number of hydrogen-bond donors (Lipinski definition) is 1. The van der Waals surface area contributed by atoms with Crippen LogP contribution in [0.2, 0.25) is 0 Å². The minimum absolute atomic E-state index is 0.423. The summed E-state index contributed by atoms with van der Waals surface area (Å²) in [6, 6.07) is 4.78. The maximum absolute atomic E-state index is 13.3. The largest absolute Gasteiger partial charge is 0.418 e. The number of hydrogen-bond acceptors (Lipinski definition) is 5. The fourth-order valence-electron chi connectivity index (χ4n) is 1.23. The number of anilines is 1. The molecule has 0 heterocycles. The van der Waals surface area contributed by atoms with Crippen LogP contribution < -0.4 is 5.43 Å². The van der Waals surface area contributed by atoms with Crippen LogP contribution in [0.5, 0.6) is 0 Å². The van der Waals surface area contributed by atoms with Crippen molar-refractivity contribution in [3.05, 3.63) is 29.1 Å². The summed E-state index contributed by atoms with van der Waals surface area (Å²) in [6.07, 6.45) is -4.86. The number of alkyl halides is 3. The molecule has 1 N–H and O–H groups in total. The fraction of sp³-hybridized carbons (Fsp3) is 0.0909. The molecular formula is C11H3F4N5. The summed E-state index contributed by atoms with van der Waals surface area (Å²) in [4.78, 5) is 0. The Balaban J connectivity index is 3.47. The monoisotopic (exact) mass is 281 g/mol. The number of nitrogens with zero attached hydrogens (tertiary/aromatic N) is 4. The van der Waals surface area contributed by atoms with Gasteiger partial charge in [-0.1, -0.05) is 0 Å². The molecule has 1 aromatic rings. The molecule has 9 heteroatoms. The van der Waals surface area contributed by atoms with Gasteiger partial charge in [-0.2, -0.15) is 34.1 Å². The molecule has 0 aliphatic heterocycles. The Hall–Kier alpha value is -3.12. The summed E-state index contributed by atoms with van der Waals surface area (Å²) >= 11 is 0. The quantitative estimate of drug-likeness (QED) is 0.511. The minimum Gasteiger partial charge on any atom is -0.274 e. The van der Waals surface area contributed by atoms with E-state index < -0.39 is 34.5 Å². The zero-order chi connectivity index (χ0) is 15.3. The van der Waals surface area contributed by atoms with E-state index in [4.69, 9.17) is 15.8 Å². The molecule has 0 amide bonds. The van der Waals surface area contributed by atoms with Crippen LogP contribution in [-0.4, -0.2) is 5.71 Å². The maximum atomic E-state index is 13.3. The second-order valence-corrected chi connectivity index (χ2v) is 3.25. The van der Waals surface area contributed by atoms with Gasteiger partial charge < -0.3 is 0 Å². The van der Waals surface area contributed by atoms with E-state index >= 15 is 0 Å². The molecule has 0 saturated carbocycles. The van der Waals surface area contributed by atoms with E-state index in [0.717, 1.165) is 0 Å². The number of nitriles is 3. The van der Waals surface area contributed by atoms with Crippen molar-refractivity contribution in [2.24, 2.45) is 5.10 Å². The highest BCUT2D eigenvalue weighted by Gasteiger charge is 2.35. The lowest BCUT2D eigenvalue weighted by Gasteiger charge is -2.13. The normalized spacial score (nSPS) is 9.85. The van der Waals surface area contributed by atoms with E-state index in [-0.39, 0.29) is 0 Å². The summed E-state index contributed by atoms with van der Waals surface area (Å²) in [5.41, 5.74) is -2.24. The fourth-order valence-corrected chi connectivity index (χ4v) is 1.23. The first-order chi connectivity index (χ1) is 9.35. The topological polar surface area (TPSA) is 95.8 Å². The lowest BCUT2D eigenvalue weighted by atomic mass is 10.1. The Bertz CT molecular complexity index is 669. The van der Waals surface area contributed by atoms with Gasteiger partial charge in [0, 0.05) is 0 Å². The summed E-state index contributed by atoms with van der Waals surface area (Å²) in [5.74, 6) is -1.19. The Morgan fingerprint density at radius 2 is 1.75 bits per heavy atom. The number of rotatable bonds is 2. The molecular weight excluding hydrogens is 278 g/mol. The Kier molecular flexibility index (Phi) is 4.24. The molecule has 0 atom stereocenters. The highest BCUT2D eigenvalue weighted by molar-refractivity contribution is 6.10. The summed E-state index contributed by atoms with van der Waals surface area (Å²) < 4.78 is 51.5. The van der Waals surface area contributed by atoms with E-state index in [1.165, 1.54) is 18.2 Å². The summed E-state index contributed by atoms with van der Waals surface area (Å²) in [6.45, 7) is 0. The number of halogens is 4. The van der Waals surface area contributed by atoms with Gasteiger partial charge in [0.2, 0.25) is 5.71 Å². The van der Waals surface area contributed by atoms with Crippen LogP contribution in [0.25, 0.3) is 0 Å². The van der Waals surface area contributed by atoms with Gasteiger partial charge in [-0.05, 0) is 12.1 Å². The van der Waals surface area contributed by atoms with Crippen molar-refractivity contribution in [1.82, 2.24) is 0 Å². The number of hydrazone groups is 1. The molecule has 0 fully saturated rings. The van der Waals surface area contributed by atoms with Crippen molar-refractivity contribution in [2.45, 2.75) is 6.18 Å². The van der Waals surface area contributed by atoms with Crippen molar-refractivity contribution in [2.75, 3.05) is 5.43 Å². The van der Waals surface area contributed by atoms with Crippen LogP contribution in [-0.2, 0) is 6.18 Å². The first kappa shape index (κ1) is 14.9. The number of nitrogens with one attached hydrogen (secondary N) is 1. The van der Waals surface area contributed by atoms with E-state index in [2.05, 4.69) is 5.10 Å². The molecule has 1 rings (SSSR count). The van der Waals surface area contributed by atoms with Gasteiger partial charge in [-0.25, -0.2) is 4.39 Å². The van der Waals surface area contributed by atoms with Crippen molar-refractivity contribution in [1.29, 1.82) is 15.8 Å². The van der Waals surface area contributed by atoms with Gasteiger partial charge in [-0.15, -0.1) is 0 Å². The Morgan fingerprint density at radius 3 is 2.20 bits per heavy atom. The average Bonchev–Trinajstić information content (AvgIpc) is 2.38. The van der Waals surface area contributed by atoms with Crippen LogP contribution in [0.3, 0.4) is 0 Å². The zero-order valence-electron chi connectivity index (χ0n) is 9.46. The zero-order valence-corrected chi connectivity index (χ0v) is 9.46. The van der Waals surface area contributed by atoms with Crippen molar-refractivity contribution in [3.63, 3.8) is 0 Å². The first-order valence-corrected chi connectivity index (χ1v) is 4.78. The van der Waals surface area contributed by atoms with Crippen molar-refractivity contribution >= 4 is 11.4 Å². The minimum atomic E-state index is -4.86. The molecule has 20 heavy (non-hydrogen) atoms. The van der Waals surface area contributed by atoms with Gasteiger partial charge in [-0.3, -0.25) is 5.43 Å². The highest BCUT2D eigenvalue weighted by Crippen LogP contribution is 2.37. The van der Waals surface area contributed by atoms with Crippen molar-refractivity contribution < 1.29 is 17.6 Å². The molecule has 0 bridgehead atoms. The maximum Gasteiger partial charge on any atom is 0.418 e. The van der Waals surface area contributed by atoms with E-state index in [0.29, 0.717) is 12.1 Å². The summed E-state index contributed by atoms with van der Waals surface area (Å²) in [7, 11) is 0. The molecule has 1 aromatic carbocycles. The van der Waals surface area contributed by atoms with Gasteiger partial charge >= 0.3 is 6.18 Å². The third-order valence-electron chi connectivity index (χ3n) is 2.06. The lowest BCUT2D eigenvalue weighted by molar-refractivity contribution is -0.137. The molecule has 5 nitrogen and oxygen atoms in total. The van der Waals surface area contributed by atoms with Crippen LogP contribution in [0, 0.1) is 39.8 Å². The third kappa shape index (κ3) is 3.01. The first-order valence-electron chi connectivity index (χ1n) is 4.78. The van der Waals surface area contributed by atoms with Gasteiger partial charge in [0.15, 0.2) is 0 Å². The van der Waals surface area contributed by atoms with E-state index in [1.54, 1.807) is 5.43 Å². The van der Waals surface area contributed by atoms with E-state index in [1.807, 2.05) is 0 Å². The van der Waals surface area contributed by atoms with E-state index in [9.17, 15) is 17.6 Å². The van der Waals surface area contributed by atoms with Crippen LogP contribution in [0.4, 0.5) is 23.2 Å². The molecule has 100 valence electrons. The highest BCUT2D eigenvalue weighted by atomic mass is 19.4. The Labute approximate surface area is 110 Å². The van der Waals surface area contributed by atoms with Gasteiger partial charge in [0.1, 0.15) is 29.6 Å². The predicted octanol–water partition coefficient (Wildman–Crippen LogP) is 2.53. The molecule has 0 aliphatic rings. The second-order valence-electron chi connectivity index (χ2n) is 3.25. The lowest BCUT2D eigenvalue weighted by Crippen LogP contribution is -2.11. The second kappa shape index (κ2) is 5.68. The van der Waals surface area contributed by atoms with Crippen molar-refractivity contribution in [3.8, 4) is 18.2 Å². The molecule has 0 radical (unpaired) electrons. The van der Waals surface area contributed by atoms with Gasteiger partial charge in [0.25, 0.3) is 0 Å². The number of benzene rings is 1. The predicted molar refractivity (Wildman–Crippen MR) is 58.4 cm³/mol. The SMILES string of the molecule is N#CC(C#N)=NNc1c(C(F)(F)F)ccc(F)c1C#N. The summed E-state index contributed by atoms with van der Waals surface area (Å²) in [5, 5.41) is 28.6. The molecule has 0 spiro atoms. The average molecular weight is 281 g/mol. The molecule has 0 saturated heterocycles.